The van der Waals surface area contributed by atoms with E-state index in [1.165, 1.54) is 51.4 Å². The standard InChI is InChI=1S/C19H40OSi/c1-8-10-11-12-13-14-15-17-18(16-9-2)20-21(6,7)19(3,4)5/h9,18H,2,8,10-17H2,1,3-7H3/t18-/m1/s1. The average Bonchev–Trinajstić information content (AvgIpc) is 2.36. The normalized spacial score (nSPS) is 14.2. The molecule has 0 rings (SSSR count). The van der Waals surface area contributed by atoms with Gasteiger partial charge in [-0.3, -0.25) is 0 Å². The van der Waals surface area contributed by atoms with E-state index in [-0.39, 0.29) is 0 Å². The maximum atomic E-state index is 6.56. The fourth-order valence-corrected chi connectivity index (χ4v) is 3.73. The highest BCUT2D eigenvalue weighted by atomic mass is 28.4. The summed E-state index contributed by atoms with van der Waals surface area (Å²) < 4.78 is 6.56. The van der Waals surface area contributed by atoms with Crippen molar-refractivity contribution in [2.75, 3.05) is 0 Å². The number of hydrogen-bond acceptors (Lipinski definition) is 1. The maximum absolute atomic E-state index is 6.56. The molecule has 126 valence electrons. The predicted molar refractivity (Wildman–Crippen MR) is 99.5 cm³/mol. The fourth-order valence-electron chi connectivity index (χ4n) is 2.33. The summed E-state index contributed by atoms with van der Waals surface area (Å²) in [5.41, 5.74) is 0. The molecule has 0 saturated carbocycles. The predicted octanol–water partition coefficient (Wildman–Crippen LogP) is 7.09. The lowest BCUT2D eigenvalue weighted by Gasteiger charge is -2.39. The third kappa shape index (κ3) is 9.52. The van der Waals surface area contributed by atoms with Crippen LogP contribution in [0.5, 0.6) is 0 Å². The molecular weight excluding hydrogens is 272 g/mol. The van der Waals surface area contributed by atoms with Crippen molar-refractivity contribution in [1.82, 2.24) is 0 Å². The van der Waals surface area contributed by atoms with Crippen LogP contribution in [0, 0.1) is 0 Å². The zero-order valence-electron chi connectivity index (χ0n) is 15.6. The molecule has 0 heterocycles. The molecule has 0 aliphatic heterocycles. The van der Waals surface area contributed by atoms with Crippen molar-refractivity contribution in [2.24, 2.45) is 0 Å². The van der Waals surface area contributed by atoms with Crippen molar-refractivity contribution in [1.29, 1.82) is 0 Å². The first-order valence-corrected chi connectivity index (χ1v) is 11.9. The van der Waals surface area contributed by atoms with Gasteiger partial charge in [-0.2, -0.15) is 0 Å². The first kappa shape index (κ1) is 20.9. The van der Waals surface area contributed by atoms with Gasteiger partial charge in [0.05, 0.1) is 0 Å². The van der Waals surface area contributed by atoms with Crippen LogP contribution in [0.4, 0.5) is 0 Å². The third-order valence-corrected chi connectivity index (χ3v) is 9.36. The summed E-state index contributed by atoms with van der Waals surface area (Å²) >= 11 is 0. The number of unbranched alkanes of at least 4 members (excludes halogenated alkanes) is 6. The van der Waals surface area contributed by atoms with Crippen LogP contribution >= 0.6 is 0 Å². The Morgan fingerprint density at radius 3 is 2.00 bits per heavy atom. The second-order valence-electron chi connectivity index (χ2n) is 7.93. The highest BCUT2D eigenvalue weighted by molar-refractivity contribution is 6.74. The molecular formula is C19H40OSi. The summed E-state index contributed by atoms with van der Waals surface area (Å²) in [6.45, 7) is 17.8. The molecule has 21 heavy (non-hydrogen) atoms. The van der Waals surface area contributed by atoms with Gasteiger partial charge in [0.1, 0.15) is 0 Å². The lowest BCUT2D eigenvalue weighted by Crippen LogP contribution is -2.43. The molecule has 0 spiro atoms. The van der Waals surface area contributed by atoms with Gasteiger partial charge >= 0.3 is 0 Å². The Hall–Kier alpha value is -0.0831. The van der Waals surface area contributed by atoms with Crippen LogP contribution in [0.3, 0.4) is 0 Å². The van der Waals surface area contributed by atoms with Gasteiger partial charge in [0.25, 0.3) is 0 Å². The Kier molecular flexibility index (Phi) is 10.6. The Labute approximate surface area is 135 Å². The molecule has 0 bridgehead atoms. The second-order valence-corrected chi connectivity index (χ2v) is 12.7. The molecule has 0 amide bonds. The molecule has 2 heteroatoms. The Morgan fingerprint density at radius 2 is 1.52 bits per heavy atom. The van der Waals surface area contributed by atoms with Gasteiger partial charge in [0, 0.05) is 6.10 Å². The minimum Gasteiger partial charge on any atom is -0.414 e. The summed E-state index contributed by atoms with van der Waals surface area (Å²) in [7, 11) is -1.64. The van der Waals surface area contributed by atoms with E-state index in [4.69, 9.17) is 4.43 Å². The van der Waals surface area contributed by atoms with Crippen LogP contribution in [0.2, 0.25) is 18.1 Å². The van der Waals surface area contributed by atoms with E-state index in [9.17, 15) is 0 Å². The molecule has 0 aromatic rings. The van der Waals surface area contributed by atoms with Gasteiger partial charge in [0.15, 0.2) is 8.32 Å². The summed E-state index contributed by atoms with van der Waals surface area (Å²) in [5, 5.41) is 0.298. The maximum Gasteiger partial charge on any atom is 0.192 e. The van der Waals surface area contributed by atoms with Crippen LogP contribution in [-0.2, 0) is 4.43 Å². The molecule has 1 atom stereocenters. The third-order valence-electron chi connectivity index (χ3n) is 4.83. The molecule has 0 fully saturated rings. The minimum absolute atomic E-state index is 0.298. The van der Waals surface area contributed by atoms with Crippen molar-refractivity contribution >= 4 is 8.32 Å². The van der Waals surface area contributed by atoms with E-state index < -0.39 is 8.32 Å². The van der Waals surface area contributed by atoms with Crippen LogP contribution in [0.25, 0.3) is 0 Å². The second kappa shape index (κ2) is 10.6. The van der Waals surface area contributed by atoms with Gasteiger partial charge in [-0.25, -0.2) is 0 Å². The van der Waals surface area contributed by atoms with Crippen LogP contribution in [-0.4, -0.2) is 14.4 Å². The monoisotopic (exact) mass is 312 g/mol. The molecule has 0 aromatic heterocycles. The van der Waals surface area contributed by atoms with Gasteiger partial charge in [0.2, 0.25) is 0 Å². The summed E-state index contributed by atoms with van der Waals surface area (Å²) in [6.07, 6.45) is 14.2. The van der Waals surface area contributed by atoms with Crippen molar-refractivity contribution in [3.05, 3.63) is 12.7 Å². The Morgan fingerprint density at radius 1 is 1.00 bits per heavy atom. The SMILES string of the molecule is C=CC[C@H](CCCCCCCCC)O[Si](C)(C)C(C)(C)C. The van der Waals surface area contributed by atoms with Crippen molar-refractivity contribution in [3.63, 3.8) is 0 Å². The molecule has 0 aliphatic rings. The Balaban J connectivity index is 4.06. The van der Waals surface area contributed by atoms with Crippen LogP contribution < -0.4 is 0 Å². The van der Waals surface area contributed by atoms with Gasteiger partial charge in [-0.05, 0) is 31.0 Å². The molecule has 1 nitrogen and oxygen atoms in total. The largest absolute Gasteiger partial charge is 0.414 e. The van der Waals surface area contributed by atoms with Crippen molar-refractivity contribution in [3.8, 4) is 0 Å². The van der Waals surface area contributed by atoms with E-state index in [1.54, 1.807) is 0 Å². The van der Waals surface area contributed by atoms with Gasteiger partial charge in [-0.15, -0.1) is 6.58 Å². The summed E-state index contributed by atoms with van der Waals surface area (Å²) in [5.74, 6) is 0. The molecule has 0 aromatic carbocycles. The first-order valence-electron chi connectivity index (χ1n) is 9.03. The zero-order valence-corrected chi connectivity index (χ0v) is 16.6. The molecule has 0 unspecified atom stereocenters. The van der Waals surface area contributed by atoms with E-state index in [1.807, 2.05) is 6.08 Å². The fraction of sp³-hybridized carbons (Fsp3) is 0.895. The van der Waals surface area contributed by atoms with Gasteiger partial charge < -0.3 is 4.43 Å². The first-order chi connectivity index (χ1) is 9.74. The van der Waals surface area contributed by atoms with Crippen molar-refractivity contribution < 1.29 is 4.43 Å². The topological polar surface area (TPSA) is 9.23 Å². The zero-order chi connectivity index (χ0) is 16.4. The van der Waals surface area contributed by atoms with Crippen molar-refractivity contribution in [2.45, 2.75) is 110 Å². The smallest absolute Gasteiger partial charge is 0.192 e. The van der Waals surface area contributed by atoms with Crippen LogP contribution in [0.1, 0.15) is 85.5 Å². The highest BCUT2D eigenvalue weighted by Crippen LogP contribution is 2.38. The Bertz CT molecular complexity index is 265. The molecule has 0 saturated heterocycles. The number of hydrogen-bond donors (Lipinski definition) is 0. The molecule has 0 aliphatic carbocycles. The summed E-state index contributed by atoms with van der Waals surface area (Å²) in [4.78, 5) is 0. The quantitative estimate of drug-likeness (QED) is 0.212. The van der Waals surface area contributed by atoms with E-state index in [0.717, 1.165) is 6.42 Å². The van der Waals surface area contributed by atoms with E-state index in [0.29, 0.717) is 11.1 Å². The van der Waals surface area contributed by atoms with Gasteiger partial charge in [-0.1, -0.05) is 78.7 Å². The average molecular weight is 313 g/mol. The molecule has 0 N–H and O–H groups in total. The lowest BCUT2D eigenvalue weighted by molar-refractivity contribution is 0.170. The minimum atomic E-state index is -1.64. The molecule has 0 radical (unpaired) electrons. The summed E-state index contributed by atoms with van der Waals surface area (Å²) in [6, 6.07) is 0. The highest BCUT2D eigenvalue weighted by Gasteiger charge is 2.38. The number of rotatable bonds is 12. The van der Waals surface area contributed by atoms with E-state index in [2.05, 4.69) is 47.4 Å². The van der Waals surface area contributed by atoms with E-state index >= 15 is 0 Å². The lowest BCUT2D eigenvalue weighted by atomic mass is 10.1. The van der Waals surface area contributed by atoms with Crippen LogP contribution in [0.15, 0.2) is 12.7 Å².